The maximum atomic E-state index is 11.4. The molecule has 0 atom stereocenters. The van der Waals surface area contributed by atoms with Gasteiger partial charge in [-0.1, -0.05) is 17.7 Å². The number of nitrogens with one attached hydrogen (secondary N) is 2. The first-order valence-corrected chi connectivity index (χ1v) is 7.13. The molecule has 0 saturated carbocycles. The summed E-state index contributed by atoms with van der Waals surface area (Å²) in [6.45, 7) is 1.31. The first kappa shape index (κ1) is 12.4. The molecule has 4 nitrogen and oxygen atoms in total. The average molecular weight is 294 g/mol. The number of rotatable bonds is 3. The Labute approximate surface area is 119 Å². The lowest BCUT2D eigenvalue weighted by atomic mass is 10.00. The predicted molar refractivity (Wildman–Crippen MR) is 76.4 cm³/mol. The van der Waals surface area contributed by atoms with E-state index in [2.05, 4.69) is 21.7 Å². The number of halogens is 1. The monoisotopic (exact) mass is 293 g/mol. The van der Waals surface area contributed by atoms with Crippen LogP contribution in [0.25, 0.3) is 0 Å². The number of thiazole rings is 1. The number of fused-ring (bicyclic) bond motifs is 1. The average Bonchev–Trinajstić information content (AvgIpc) is 2.81. The third-order valence-electron chi connectivity index (χ3n) is 3.03. The van der Waals surface area contributed by atoms with Crippen LogP contribution >= 0.6 is 22.9 Å². The molecule has 0 aliphatic carbocycles. The Hall–Kier alpha value is -1.59. The van der Waals surface area contributed by atoms with Gasteiger partial charge in [0.15, 0.2) is 4.47 Å². The van der Waals surface area contributed by atoms with Crippen molar-refractivity contribution >= 4 is 34.5 Å². The summed E-state index contributed by atoms with van der Waals surface area (Å²) in [6.07, 6.45) is 2.23. The van der Waals surface area contributed by atoms with Gasteiger partial charge in [-0.15, -0.1) is 11.3 Å². The first-order chi connectivity index (χ1) is 9.20. The molecule has 98 valence electrons. The van der Waals surface area contributed by atoms with E-state index in [1.807, 2.05) is 12.1 Å². The highest BCUT2D eigenvalue weighted by atomic mass is 35.5. The molecule has 1 aliphatic rings. The zero-order valence-electron chi connectivity index (χ0n) is 10.1. The molecule has 6 heteroatoms. The van der Waals surface area contributed by atoms with Gasteiger partial charge in [-0.2, -0.15) is 0 Å². The highest BCUT2D eigenvalue weighted by Gasteiger charge is 2.14. The predicted octanol–water partition coefficient (Wildman–Crippen LogP) is 2.58. The third kappa shape index (κ3) is 2.88. The highest BCUT2D eigenvalue weighted by Crippen LogP contribution is 2.22. The van der Waals surface area contributed by atoms with Gasteiger partial charge in [-0.05, 0) is 23.3 Å². The molecule has 2 aromatic rings. The molecule has 3 rings (SSSR count). The topological polar surface area (TPSA) is 54.0 Å². The van der Waals surface area contributed by atoms with E-state index in [1.54, 1.807) is 6.20 Å². The smallest absolute Gasteiger partial charge is 0.224 e. The first-order valence-electron chi connectivity index (χ1n) is 5.93. The molecule has 0 saturated heterocycles. The maximum Gasteiger partial charge on any atom is 0.224 e. The van der Waals surface area contributed by atoms with Crippen LogP contribution < -0.4 is 10.6 Å². The van der Waals surface area contributed by atoms with E-state index >= 15 is 0 Å². The maximum absolute atomic E-state index is 11.4. The zero-order chi connectivity index (χ0) is 13.2. The SMILES string of the molecule is O=C1Cc2cc(NCc3cnc(Cl)s3)ccc2CN1. The molecular weight excluding hydrogens is 282 g/mol. The summed E-state index contributed by atoms with van der Waals surface area (Å²) < 4.78 is 0.555. The molecule has 0 spiro atoms. The van der Waals surface area contributed by atoms with Crippen LogP contribution in [0, 0.1) is 0 Å². The van der Waals surface area contributed by atoms with Crippen LogP contribution in [0.5, 0.6) is 0 Å². The summed E-state index contributed by atoms with van der Waals surface area (Å²) in [6, 6.07) is 6.12. The van der Waals surface area contributed by atoms with Crippen LogP contribution in [-0.2, 0) is 24.3 Å². The fourth-order valence-electron chi connectivity index (χ4n) is 2.06. The largest absolute Gasteiger partial charge is 0.380 e. The Kier molecular flexibility index (Phi) is 3.40. The quantitative estimate of drug-likeness (QED) is 0.914. The van der Waals surface area contributed by atoms with Gasteiger partial charge in [-0.25, -0.2) is 4.98 Å². The van der Waals surface area contributed by atoms with Crippen molar-refractivity contribution in [3.63, 3.8) is 0 Å². The van der Waals surface area contributed by atoms with Crippen LogP contribution in [-0.4, -0.2) is 10.9 Å². The lowest BCUT2D eigenvalue weighted by Crippen LogP contribution is -2.30. The minimum atomic E-state index is 0.0823. The number of hydrogen-bond acceptors (Lipinski definition) is 4. The summed E-state index contributed by atoms with van der Waals surface area (Å²) in [4.78, 5) is 16.5. The number of carbonyl (C=O) groups is 1. The summed E-state index contributed by atoms with van der Waals surface area (Å²) in [5.74, 6) is 0.0823. The van der Waals surface area contributed by atoms with Gasteiger partial charge in [0.1, 0.15) is 0 Å². The molecule has 0 bridgehead atoms. The van der Waals surface area contributed by atoms with Crippen molar-refractivity contribution < 1.29 is 4.79 Å². The Balaban J connectivity index is 1.71. The van der Waals surface area contributed by atoms with Gasteiger partial charge < -0.3 is 10.6 Å². The molecular formula is C13H12ClN3OS. The number of aromatic nitrogens is 1. The van der Waals surface area contributed by atoms with Gasteiger partial charge >= 0.3 is 0 Å². The lowest BCUT2D eigenvalue weighted by molar-refractivity contribution is -0.121. The van der Waals surface area contributed by atoms with Crippen molar-refractivity contribution in [3.8, 4) is 0 Å². The van der Waals surface area contributed by atoms with E-state index in [0.717, 1.165) is 16.1 Å². The molecule has 0 radical (unpaired) electrons. The van der Waals surface area contributed by atoms with Gasteiger partial charge in [-0.3, -0.25) is 4.79 Å². The van der Waals surface area contributed by atoms with Crippen molar-refractivity contribution in [1.29, 1.82) is 0 Å². The van der Waals surface area contributed by atoms with Gasteiger partial charge in [0.2, 0.25) is 5.91 Å². The van der Waals surface area contributed by atoms with Crippen molar-refractivity contribution in [2.45, 2.75) is 19.5 Å². The van der Waals surface area contributed by atoms with Crippen LogP contribution in [0.4, 0.5) is 5.69 Å². The molecule has 0 unspecified atom stereocenters. The minimum Gasteiger partial charge on any atom is -0.380 e. The van der Waals surface area contributed by atoms with E-state index in [4.69, 9.17) is 11.6 Å². The minimum absolute atomic E-state index is 0.0823. The molecule has 1 aliphatic heterocycles. The van der Waals surface area contributed by atoms with Gasteiger partial charge in [0.05, 0.1) is 13.0 Å². The number of anilines is 1. The van der Waals surface area contributed by atoms with E-state index in [-0.39, 0.29) is 5.91 Å². The third-order valence-corrected chi connectivity index (χ3v) is 4.14. The standard InChI is InChI=1S/C13H12ClN3OS/c14-13-17-7-11(19-13)6-15-10-2-1-8-5-16-12(18)4-9(8)3-10/h1-3,7,15H,4-6H2,(H,16,18). The van der Waals surface area contributed by atoms with E-state index < -0.39 is 0 Å². The molecule has 1 amide bonds. The fourth-order valence-corrected chi connectivity index (χ4v) is 2.97. The number of benzene rings is 1. The summed E-state index contributed by atoms with van der Waals surface area (Å²) >= 11 is 7.25. The number of nitrogens with zero attached hydrogens (tertiary/aromatic N) is 1. The summed E-state index contributed by atoms with van der Waals surface area (Å²) in [7, 11) is 0. The normalized spacial score (nSPS) is 13.8. The highest BCUT2D eigenvalue weighted by molar-refractivity contribution is 7.15. The molecule has 1 aromatic carbocycles. The summed E-state index contributed by atoms with van der Waals surface area (Å²) in [5, 5.41) is 6.16. The molecule has 2 heterocycles. The molecule has 19 heavy (non-hydrogen) atoms. The second-order valence-corrected chi connectivity index (χ2v) is 6.07. The molecule has 1 aromatic heterocycles. The number of hydrogen-bond donors (Lipinski definition) is 2. The Morgan fingerprint density at radius 3 is 3.11 bits per heavy atom. The van der Waals surface area contributed by atoms with Crippen molar-refractivity contribution in [1.82, 2.24) is 10.3 Å². The van der Waals surface area contributed by atoms with Gasteiger partial charge in [0.25, 0.3) is 0 Å². The Morgan fingerprint density at radius 1 is 1.42 bits per heavy atom. The van der Waals surface area contributed by atoms with Crippen LogP contribution in [0.1, 0.15) is 16.0 Å². The Bertz CT molecular complexity index is 626. The van der Waals surface area contributed by atoms with Crippen LogP contribution in [0.2, 0.25) is 4.47 Å². The Morgan fingerprint density at radius 2 is 2.32 bits per heavy atom. The second kappa shape index (κ2) is 5.19. The number of amides is 1. The van der Waals surface area contributed by atoms with E-state index in [0.29, 0.717) is 24.0 Å². The van der Waals surface area contributed by atoms with Crippen LogP contribution in [0.15, 0.2) is 24.4 Å². The lowest BCUT2D eigenvalue weighted by Gasteiger charge is -2.17. The van der Waals surface area contributed by atoms with E-state index in [1.165, 1.54) is 16.9 Å². The van der Waals surface area contributed by atoms with Crippen molar-refractivity contribution in [2.75, 3.05) is 5.32 Å². The number of carbonyl (C=O) groups excluding carboxylic acids is 1. The molecule has 2 N–H and O–H groups in total. The van der Waals surface area contributed by atoms with Crippen LogP contribution in [0.3, 0.4) is 0 Å². The molecule has 0 fully saturated rings. The zero-order valence-corrected chi connectivity index (χ0v) is 11.6. The van der Waals surface area contributed by atoms with E-state index in [9.17, 15) is 4.79 Å². The summed E-state index contributed by atoms with van der Waals surface area (Å²) in [5.41, 5.74) is 3.29. The van der Waals surface area contributed by atoms with Gasteiger partial charge in [0, 0.05) is 23.3 Å². The van der Waals surface area contributed by atoms with Crippen molar-refractivity contribution in [3.05, 3.63) is 44.9 Å². The van der Waals surface area contributed by atoms with Crippen molar-refractivity contribution in [2.24, 2.45) is 0 Å². The second-order valence-electron chi connectivity index (χ2n) is 4.37. The fraction of sp³-hybridized carbons (Fsp3) is 0.231.